The second-order valence-corrected chi connectivity index (χ2v) is 5.61. The molecule has 2 rings (SSSR count). The summed E-state index contributed by atoms with van der Waals surface area (Å²) in [5, 5.41) is 13.1. The molecule has 90 valence electrons. The highest BCUT2D eigenvalue weighted by molar-refractivity contribution is 5.16. The van der Waals surface area contributed by atoms with E-state index in [2.05, 4.69) is 37.2 Å². The lowest BCUT2D eigenvalue weighted by Crippen LogP contribution is -2.58. The summed E-state index contributed by atoms with van der Waals surface area (Å²) in [6, 6.07) is 4.25. The van der Waals surface area contributed by atoms with Crippen LogP contribution in [0.25, 0.3) is 0 Å². The van der Waals surface area contributed by atoms with Crippen molar-refractivity contribution in [1.82, 2.24) is 10.2 Å². The first-order chi connectivity index (χ1) is 7.60. The van der Waals surface area contributed by atoms with Crippen LogP contribution in [0, 0.1) is 11.3 Å². The Labute approximate surface area is 98.8 Å². The molecule has 16 heavy (non-hydrogen) atoms. The summed E-state index contributed by atoms with van der Waals surface area (Å²) in [5.41, 5.74) is -0.256. The second kappa shape index (κ2) is 4.35. The first kappa shape index (κ1) is 11.9. The Kier molecular flexibility index (Phi) is 3.23. The first-order valence-corrected chi connectivity index (χ1v) is 6.51. The Hall–Kier alpha value is -0.590. The number of nitrogens with one attached hydrogen (secondary N) is 1. The zero-order valence-electron chi connectivity index (χ0n) is 10.7. The van der Waals surface area contributed by atoms with E-state index in [0.29, 0.717) is 18.1 Å². The van der Waals surface area contributed by atoms with Crippen molar-refractivity contribution in [2.24, 2.45) is 0 Å². The fourth-order valence-electron chi connectivity index (χ4n) is 3.29. The Morgan fingerprint density at radius 3 is 2.44 bits per heavy atom. The highest BCUT2D eigenvalue weighted by Gasteiger charge is 2.47. The van der Waals surface area contributed by atoms with Gasteiger partial charge >= 0.3 is 0 Å². The fraction of sp³-hybridized carbons (Fsp3) is 0.923. The van der Waals surface area contributed by atoms with Gasteiger partial charge in [0.1, 0.15) is 5.54 Å². The van der Waals surface area contributed by atoms with Crippen LogP contribution in [0.15, 0.2) is 0 Å². The number of rotatable bonds is 3. The van der Waals surface area contributed by atoms with Gasteiger partial charge in [-0.3, -0.25) is 5.32 Å². The van der Waals surface area contributed by atoms with Gasteiger partial charge in [0.25, 0.3) is 0 Å². The summed E-state index contributed by atoms with van der Waals surface area (Å²) in [4.78, 5) is 2.48. The van der Waals surface area contributed by atoms with Crippen LogP contribution in [0.5, 0.6) is 0 Å². The van der Waals surface area contributed by atoms with E-state index < -0.39 is 0 Å². The molecule has 3 unspecified atom stereocenters. The minimum atomic E-state index is -0.256. The van der Waals surface area contributed by atoms with Crippen LogP contribution < -0.4 is 5.32 Å². The number of hydrogen-bond acceptors (Lipinski definition) is 3. The van der Waals surface area contributed by atoms with Crippen molar-refractivity contribution in [3.63, 3.8) is 0 Å². The van der Waals surface area contributed by atoms with Crippen molar-refractivity contribution in [3.8, 4) is 6.07 Å². The maximum absolute atomic E-state index is 9.50. The number of nitriles is 1. The summed E-state index contributed by atoms with van der Waals surface area (Å²) in [6.45, 7) is 4.35. The molecule has 0 aromatic heterocycles. The van der Waals surface area contributed by atoms with E-state index >= 15 is 0 Å². The van der Waals surface area contributed by atoms with E-state index in [4.69, 9.17) is 0 Å². The maximum atomic E-state index is 9.50. The molecule has 0 saturated carbocycles. The van der Waals surface area contributed by atoms with Gasteiger partial charge in [0.15, 0.2) is 0 Å². The third-order valence-electron chi connectivity index (χ3n) is 4.50. The number of piperidine rings is 1. The Balaban J connectivity index is 2.10. The molecular weight excluding hydrogens is 198 g/mol. The minimum Gasteiger partial charge on any atom is -0.300 e. The normalized spacial score (nSPS) is 40.6. The maximum Gasteiger partial charge on any atom is 0.109 e. The monoisotopic (exact) mass is 221 g/mol. The molecular formula is C13H23N3. The van der Waals surface area contributed by atoms with Gasteiger partial charge in [0.05, 0.1) is 6.07 Å². The van der Waals surface area contributed by atoms with Crippen LogP contribution in [0.2, 0.25) is 0 Å². The largest absolute Gasteiger partial charge is 0.300 e. The summed E-state index contributed by atoms with van der Waals surface area (Å²) in [6.07, 6.45) is 5.63. The van der Waals surface area contributed by atoms with Crippen molar-refractivity contribution in [2.45, 2.75) is 69.6 Å². The molecule has 3 nitrogen and oxygen atoms in total. The Morgan fingerprint density at radius 1 is 1.44 bits per heavy atom. The predicted octanol–water partition coefficient (Wildman–Crippen LogP) is 1.89. The molecule has 0 radical (unpaired) electrons. The van der Waals surface area contributed by atoms with Crippen LogP contribution >= 0.6 is 0 Å². The van der Waals surface area contributed by atoms with Gasteiger partial charge in [-0.1, -0.05) is 6.92 Å². The topological polar surface area (TPSA) is 39.1 Å². The molecule has 2 fully saturated rings. The average Bonchev–Trinajstić information content (AvgIpc) is 2.54. The zero-order chi connectivity index (χ0) is 11.8. The molecule has 2 heterocycles. The summed E-state index contributed by atoms with van der Waals surface area (Å²) >= 11 is 0. The van der Waals surface area contributed by atoms with E-state index in [1.165, 1.54) is 12.8 Å². The van der Waals surface area contributed by atoms with Crippen molar-refractivity contribution in [1.29, 1.82) is 5.26 Å². The summed E-state index contributed by atoms with van der Waals surface area (Å²) < 4.78 is 0. The van der Waals surface area contributed by atoms with Gasteiger partial charge in [0.2, 0.25) is 0 Å². The lowest BCUT2D eigenvalue weighted by Gasteiger charge is -2.43. The SMILES string of the molecule is CCC(C)NC1(C#N)CC2CCC(C1)N2C. The minimum absolute atomic E-state index is 0.256. The van der Waals surface area contributed by atoms with E-state index in [-0.39, 0.29) is 5.54 Å². The smallest absolute Gasteiger partial charge is 0.109 e. The van der Waals surface area contributed by atoms with Gasteiger partial charge in [-0.15, -0.1) is 0 Å². The van der Waals surface area contributed by atoms with E-state index in [1.54, 1.807) is 0 Å². The predicted molar refractivity (Wildman–Crippen MR) is 65.0 cm³/mol. The number of nitrogens with zero attached hydrogens (tertiary/aromatic N) is 2. The van der Waals surface area contributed by atoms with Gasteiger partial charge < -0.3 is 4.90 Å². The van der Waals surface area contributed by atoms with Crippen LogP contribution in [-0.4, -0.2) is 35.6 Å². The third-order valence-corrected chi connectivity index (χ3v) is 4.50. The average molecular weight is 221 g/mol. The van der Waals surface area contributed by atoms with Gasteiger partial charge in [-0.2, -0.15) is 5.26 Å². The number of fused-ring (bicyclic) bond motifs is 2. The quantitative estimate of drug-likeness (QED) is 0.791. The first-order valence-electron chi connectivity index (χ1n) is 6.51. The number of hydrogen-bond donors (Lipinski definition) is 1. The molecule has 3 heteroatoms. The third kappa shape index (κ3) is 1.97. The molecule has 2 bridgehead atoms. The highest BCUT2D eigenvalue weighted by Crippen LogP contribution is 2.39. The van der Waals surface area contributed by atoms with Gasteiger partial charge in [0, 0.05) is 18.1 Å². The summed E-state index contributed by atoms with van der Waals surface area (Å²) in [5.74, 6) is 0. The zero-order valence-corrected chi connectivity index (χ0v) is 10.7. The van der Waals surface area contributed by atoms with E-state index in [0.717, 1.165) is 19.3 Å². The molecule has 2 aliphatic heterocycles. The van der Waals surface area contributed by atoms with Crippen molar-refractivity contribution in [2.75, 3.05) is 7.05 Å². The van der Waals surface area contributed by atoms with Crippen LogP contribution in [0.1, 0.15) is 46.0 Å². The van der Waals surface area contributed by atoms with E-state index in [1.807, 2.05) is 0 Å². The molecule has 0 aromatic rings. The van der Waals surface area contributed by atoms with Crippen molar-refractivity contribution >= 4 is 0 Å². The van der Waals surface area contributed by atoms with E-state index in [9.17, 15) is 5.26 Å². The second-order valence-electron chi connectivity index (χ2n) is 5.61. The molecule has 0 amide bonds. The summed E-state index contributed by atoms with van der Waals surface area (Å²) in [7, 11) is 2.22. The lowest BCUT2D eigenvalue weighted by atomic mass is 9.83. The fourth-order valence-corrected chi connectivity index (χ4v) is 3.29. The molecule has 0 aromatic carbocycles. The Morgan fingerprint density at radius 2 is 2.00 bits per heavy atom. The molecule has 3 atom stereocenters. The van der Waals surface area contributed by atoms with Crippen LogP contribution in [-0.2, 0) is 0 Å². The standard InChI is InChI=1S/C13H23N3/c1-4-10(2)15-13(9-14)7-11-5-6-12(8-13)16(11)3/h10-12,15H,4-8H2,1-3H3. The van der Waals surface area contributed by atoms with Gasteiger partial charge in [-0.25, -0.2) is 0 Å². The van der Waals surface area contributed by atoms with Crippen molar-refractivity contribution < 1.29 is 0 Å². The molecule has 2 saturated heterocycles. The van der Waals surface area contributed by atoms with Crippen molar-refractivity contribution in [3.05, 3.63) is 0 Å². The highest BCUT2D eigenvalue weighted by atomic mass is 15.2. The molecule has 2 aliphatic rings. The Bertz CT molecular complexity index is 280. The van der Waals surface area contributed by atoms with Crippen LogP contribution in [0.4, 0.5) is 0 Å². The van der Waals surface area contributed by atoms with Gasteiger partial charge in [-0.05, 0) is 46.1 Å². The lowest BCUT2D eigenvalue weighted by molar-refractivity contribution is 0.113. The molecule has 0 spiro atoms. The molecule has 0 aliphatic carbocycles. The van der Waals surface area contributed by atoms with Crippen LogP contribution in [0.3, 0.4) is 0 Å². The molecule has 1 N–H and O–H groups in total.